The molecule has 0 aromatic rings. The van der Waals surface area contributed by atoms with E-state index < -0.39 is 26.5 Å². The van der Waals surface area contributed by atoms with Crippen molar-refractivity contribution < 1.29 is 37.6 Å². The zero-order valence-corrected chi connectivity index (χ0v) is 56.6. The number of nitrogens with two attached hydrogens (primary N) is 1. The van der Waals surface area contributed by atoms with Gasteiger partial charge in [0.15, 0.2) is 6.10 Å². The minimum Gasteiger partial charge on any atom is -0.462 e. The third-order valence-corrected chi connectivity index (χ3v) is 18.1. The minimum atomic E-state index is -4.39. The number of carbonyl (C=O) groups is 2. The summed E-state index contributed by atoms with van der Waals surface area (Å²) < 4.78 is 33.2. The Morgan fingerprint density at radius 3 is 0.855 bits per heavy atom. The standard InChI is InChI=1S/C73H144NO8P/c1-3-5-7-9-11-13-15-17-19-21-23-25-27-29-31-33-34-35-36-38-40-42-44-46-48-50-52-54-56-58-60-62-64-66-73(76)82-71(70-81-83(77,78)80-68-67-74)69-79-72(75)65-63-61-59-57-55-53-51-49-47-45-43-41-39-37-32-30-28-26-24-22-20-18-16-14-12-10-8-6-4-2/h21,23,71H,3-20,22,24-70,74H2,1-2H3,(H,77,78)/b23-21-. The average molecular weight is 1190 g/mol. The van der Waals surface area contributed by atoms with Crippen molar-refractivity contribution in [1.82, 2.24) is 0 Å². The zero-order valence-electron chi connectivity index (χ0n) is 55.7. The lowest BCUT2D eigenvalue weighted by Crippen LogP contribution is -2.29. The predicted octanol–water partition coefficient (Wildman–Crippen LogP) is 24.3. The zero-order chi connectivity index (χ0) is 60.1. The molecule has 83 heavy (non-hydrogen) atoms. The molecule has 0 saturated heterocycles. The summed E-state index contributed by atoms with van der Waals surface area (Å²) >= 11 is 0. The molecule has 0 aromatic carbocycles. The Hall–Kier alpha value is -1.25. The van der Waals surface area contributed by atoms with Gasteiger partial charge in [0, 0.05) is 19.4 Å². The summed E-state index contributed by atoms with van der Waals surface area (Å²) in [7, 11) is -4.39. The summed E-state index contributed by atoms with van der Waals surface area (Å²) in [6.07, 6.45) is 84.8. The summed E-state index contributed by atoms with van der Waals surface area (Å²) in [6.45, 7) is 3.84. The van der Waals surface area contributed by atoms with Crippen molar-refractivity contribution in [2.24, 2.45) is 5.73 Å². The van der Waals surface area contributed by atoms with Crippen LogP contribution in [0.4, 0.5) is 0 Å². The molecule has 2 unspecified atom stereocenters. The number of unbranched alkanes of at least 4 members (excludes halogenated alkanes) is 57. The van der Waals surface area contributed by atoms with E-state index in [2.05, 4.69) is 26.0 Å². The van der Waals surface area contributed by atoms with Crippen LogP contribution in [0.15, 0.2) is 12.2 Å². The highest BCUT2D eigenvalue weighted by Gasteiger charge is 2.26. The van der Waals surface area contributed by atoms with Gasteiger partial charge in [-0.3, -0.25) is 18.6 Å². The number of phosphoric acid groups is 1. The quantitative estimate of drug-likeness (QED) is 0.0264. The van der Waals surface area contributed by atoms with E-state index in [9.17, 15) is 19.0 Å². The molecule has 0 saturated carbocycles. The number of carbonyl (C=O) groups excluding carboxylic acids is 2. The first-order chi connectivity index (χ1) is 40.8. The fraction of sp³-hybridized carbons (Fsp3) is 0.945. The van der Waals surface area contributed by atoms with Crippen molar-refractivity contribution in [1.29, 1.82) is 0 Å². The molecule has 0 fully saturated rings. The van der Waals surface area contributed by atoms with E-state index >= 15 is 0 Å². The molecule has 0 spiro atoms. The van der Waals surface area contributed by atoms with Gasteiger partial charge >= 0.3 is 19.8 Å². The Morgan fingerprint density at radius 2 is 0.590 bits per heavy atom. The van der Waals surface area contributed by atoms with Crippen LogP contribution in [0.1, 0.15) is 412 Å². The maximum Gasteiger partial charge on any atom is 0.472 e. The molecule has 3 N–H and O–H groups in total. The lowest BCUT2D eigenvalue weighted by atomic mass is 10.0. The van der Waals surface area contributed by atoms with E-state index in [-0.39, 0.29) is 38.6 Å². The van der Waals surface area contributed by atoms with Crippen LogP contribution >= 0.6 is 7.82 Å². The summed E-state index contributed by atoms with van der Waals surface area (Å²) in [5.74, 6) is -0.798. The van der Waals surface area contributed by atoms with Gasteiger partial charge < -0.3 is 20.1 Å². The Kier molecular flexibility index (Phi) is 68.8. The predicted molar refractivity (Wildman–Crippen MR) is 358 cm³/mol. The highest BCUT2D eigenvalue weighted by atomic mass is 31.2. The molecule has 2 atom stereocenters. The van der Waals surface area contributed by atoms with Gasteiger partial charge in [0.25, 0.3) is 0 Å². The van der Waals surface area contributed by atoms with Crippen molar-refractivity contribution >= 4 is 19.8 Å². The van der Waals surface area contributed by atoms with Gasteiger partial charge in [0.2, 0.25) is 0 Å². The molecule has 0 aliphatic heterocycles. The van der Waals surface area contributed by atoms with Crippen molar-refractivity contribution in [3.63, 3.8) is 0 Å². The number of ether oxygens (including phenoxy) is 2. The second-order valence-corrected chi connectivity index (χ2v) is 27.0. The average Bonchev–Trinajstić information content (AvgIpc) is 3.49. The molecule has 0 bridgehead atoms. The lowest BCUT2D eigenvalue weighted by molar-refractivity contribution is -0.161. The number of rotatable bonds is 72. The molecule has 10 heteroatoms. The van der Waals surface area contributed by atoms with Gasteiger partial charge in [-0.15, -0.1) is 0 Å². The summed E-state index contributed by atoms with van der Waals surface area (Å²) in [5.41, 5.74) is 5.41. The van der Waals surface area contributed by atoms with Crippen LogP contribution in [-0.4, -0.2) is 49.3 Å². The molecule has 0 aromatic heterocycles. The van der Waals surface area contributed by atoms with Crippen LogP contribution in [0.3, 0.4) is 0 Å². The monoisotopic (exact) mass is 1190 g/mol. The van der Waals surface area contributed by atoms with Crippen LogP contribution in [0.25, 0.3) is 0 Å². The largest absolute Gasteiger partial charge is 0.472 e. The number of hydrogen-bond donors (Lipinski definition) is 2. The summed E-state index contributed by atoms with van der Waals surface area (Å²) in [5, 5.41) is 0. The molecule has 0 rings (SSSR count). The minimum absolute atomic E-state index is 0.0580. The van der Waals surface area contributed by atoms with E-state index in [0.29, 0.717) is 6.42 Å². The Morgan fingerprint density at radius 1 is 0.349 bits per heavy atom. The van der Waals surface area contributed by atoms with Gasteiger partial charge in [-0.1, -0.05) is 373 Å². The van der Waals surface area contributed by atoms with E-state index in [0.717, 1.165) is 32.1 Å². The second-order valence-electron chi connectivity index (χ2n) is 25.5. The third-order valence-electron chi connectivity index (χ3n) is 17.2. The van der Waals surface area contributed by atoms with Gasteiger partial charge in [-0.2, -0.15) is 0 Å². The van der Waals surface area contributed by atoms with E-state index in [1.807, 2.05) is 0 Å². The van der Waals surface area contributed by atoms with Crippen molar-refractivity contribution in [2.45, 2.75) is 418 Å². The smallest absolute Gasteiger partial charge is 0.462 e. The molecule has 0 aliphatic rings. The first-order valence-corrected chi connectivity index (χ1v) is 38.7. The van der Waals surface area contributed by atoms with Crippen LogP contribution in [-0.2, 0) is 32.7 Å². The van der Waals surface area contributed by atoms with Gasteiger partial charge in [0.1, 0.15) is 6.61 Å². The molecule has 0 heterocycles. The first-order valence-electron chi connectivity index (χ1n) is 37.2. The number of allylic oxidation sites excluding steroid dienone is 2. The molecule has 0 radical (unpaired) electrons. The Labute approximate surface area is 517 Å². The van der Waals surface area contributed by atoms with E-state index in [4.69, 9.17) is 24.3 Å². The molecule has 0 aliphatic carbocycles. The van der Waals surface area contributed by atoms with Crippen molar-refractivity contribution in [3.8, 4) is 0 Å². The van der Waals surface area contributed by atoms with Crippen LogP contribution in [0.2, 0.25) is 0 Å². The van der Waals surface area contributed by atoms with E-state index in [1.165, 1.54) is 347 Å². The van der Waals surface area contributed by atoms with Gasteiger partial charge in [-0.25, -0.2) is 4.57 Å². The van der Waals surface area contributed by atoms with Crippen LogP contribution < -0.4 is 5.73 Å². The van der Waals surface area contributed by atoms with Gasteiger partial charge in [-0.05, 0) is 38.5 Å². The van der Waals surface area contributed by atoms with Crippen molar-refractivity contribution in [3.05, 3.63) is 12.2 Å². The number of esters is 2. The summed E-state index contributed by atoms with van der Waals surface area (Å²) in [4.78, 5) is 35.4. The molecule has 9 nitrogen and oxygen atoms in total. The molecular formula is C73H144NO8P. The maximum absolute atomic E-state index is 12.8. The fourth-order valence-corrected chi connectivity index (χ4v) is 12.4. The summed E-state index contributed by atoms with van der Waals surface area (Å²) in [6, 6.07) is 0. The number of hydrogen-bond acceptors (Lipinski definition) is 8. The highest BCUT2D eigenvalue weighted by Crippen LogP contribution is 2.43. The highest BCUT2D eigenvalue weighted by molar-refractivity contribution is 7.47. The van der Waals surface area contributed by atoms with Gasteiger partial charge in [0.05, 0.1) is 13.2 Å². The fourth-order valence-electron chi connectivity index (χ4n) is 11.6. The molecule has 494 valence electrons. The first kappa shape index (κ1) is 81.8. The van der Waals surface area contributed by atoms with Crippen LogP contribution in [0.5, 0.6) is 0 Å². The third kappa shape index (κ3) is 69.7. The van der Waals surface area contributed by atoms with Crippen LogP contribution in [0, 0.1) is 0 Å². The molecular weight excluding hydrogens is 1050 g/mol. The Balaban J connectivity index is 3.77. The normalized spacial score (nSPS) is 12.9. The SMILES string of the molecule is CCCCCCCCCC/C=C\CCCCCCCCCCCCCCCCCCCCCCCC(=O)OC(COC(=O)CCCCCCCCCCCCCCCCCCCCCCCCCCCCCCC)COP(=O)(O)OCCN. The Bertz CT molecular complexity index is 1360. The topological polar surface area (TPSA) is 134 Å². The second kappa shape index (κ2) is 69.8. The van der Waals surface area contributed by atoms with E-state index in [1.54, 1.807) is 0 Å². The van der Waals surface area contributed by atoms with Crippen molar-refractivity contribution in [2.75, 3.05) is 26.4 Å². The number of phosphoric ester groups is 1. The maximum atomic E-state index is 12.8. The molecule has 0 amide bonds. The lowest BCUT2D eigenvalue weighted by Gasteiger charge is -2.19.